The fourth-order valence-corrected chi connectivity index (χ4v) is 0.911. The fourth-order valence-electron chi connectivity index (χ4n) is 0.304. The summed E-state index contributed by atoms with van der Waals surface area (Å²) in [7, 11) is 0. The summed E-state index contributed by atoms with van der Waals surface area (Å²) < 4.78 is 0. The number of rotatable bonds is 1. The summed E-state index contributed by atoms with van der Waals surface area (Å²) in [6.07, 6.45) is 1.93. The smallest absolute Gasteiger partial charge is 0.203 e. The maximum absolute atomic E-state index is 9.65. The fraction of sp³-hybridized carbons (Fsp3) is 0.750. The van der Waals surface area contributed by atoms with E-state index in [1.807, 2.05) is 18.0 Å². The van der Waals surface area contributed by atoms with E-state index in [0.29, 0.717) is 0 Å². The number of hydrogen-bond acceptors (Lipinski definition) is 2. The lowest BCUT2D eigenvalue weighted by atomic mass is 10.2. The molecule has 1 aliphatic rings. The molecule has 0 aliphatic carbocycles. The zero-order valence-electron chi connectivity index (χ0n) is 3.31. The van der Waals surface area contributed by atoms with Crippen molar-refractivity contribution in [1.29, 1.82) is 0 Å². The van der Waals surface area contributed by atoms with Crippen LogP contribution in [0.1, 0.15) is 0 Å². The van der Waals surface area contributed by atoms with Crippen LogP contribution in [0.2, 0.25) is 0 Å². The molecule has 1 radical (unpaired) electrons. The Hall–Kier alpha value is 0.0200. The first-order valence-electron chi connectivity index (χ1n) is 1.89. The van der Waals surface area contributed by atoms with Gasteiger partial charge in [-0.3, -0.25) is 4.79 Å². The highest BCUT2D eigenvalue weighted by Crippen LogP contribution is 2.21. The topological polar surface area (TPSA) is 17.1 Å². The first-order chi connectivity index (χ1) is 2.93. The van der Waals surface area contributed by atoms with E-state index in [4.69, 9.17) is 0 Å². The van der Waals surface area contributed by atoms with Gasteiger partial charge in [0.25, 0.3) is 0 Å². The van der Waals surface area contributed by atoms with E-state index in [9.17, 15) is 4.79 Å². The highest BCUT2D eigenvalue weighted by atomic mass is 32.2. The maximum Gasteiger partial charge on any atom is 0.203 e. The summed E-state index contributed by atoms with van der Waals surface area (Å²) in [5.74, 6) is 2.28. The highest BCUT2D eigenvalue weighted by Gasteiger charge is 2.16. The van der Waals surface area contributed by atoms with E-state index in [-0.39, 0.29) is 5.92 Å². The molecule has 0 aromatic carbocycles. The summed E-state index contributed by atoms with van der Waals surface area (Å²) in [6.45, 7) is 0. The van der Waals surface area contributed by atoms with Crippen molar-refractivity contribution in [2.75, 3.05) is 11.5 Å². The average molecular weight is 101 g/mol. The molecule has 0 aromatic heterocycles. The van der Waals surface area contributed by atoms with Crippen molar-refractivity contribution in [2.24, 2.45) is 5.92 Å². The number of hydrogen-bond donors (Lipinski definition) is 0. The third-order valence-electron chi connectivity index (χ3n) is 0.805. The third kappa shape index (κ3) is 0.570. The molecule has 0 N–H and O–H groups in total. The van der Waals surface area contributed by atoms with Gasteiger partial charge in [0.2, 0.25) is 6.29 Å². The van der Waals surface area contributed by atoms with Gasteiger partial charge in [0.1, 0.15) is 0 Å². The Bertz CT molecular complexity index is 58.6. The molecule has 0 saturated carbocycles. The van der Waals surface area contributed by atoms with Crippen molar-refractivity contribution in [3.63, 3.8) is 0 Å². The third-order valence-corrected chi connectivity index (χ3v) is 2.08. The Balaban J connectivity index is 2.16. The lowest BCUT2D eigenvalue weighted by molar-refractivity contribution is 0.536. The Morgan fingerprint density at radius 1 is 1.67 bits per heavy atom. The molecule has 2 heteroatoms. The van der Waals surface area contributed by atoms with Crippen LogP contribution in [-0.4, -0.2) is 17.8 Å². The van der Waals surface area contributed by atoms with Gasteiger partial charge < -0.3 is 0 Å². The quantitative estimate of drug-likeness (QED) is 0.477. The minimum Gasteiger partial charge on any atom is -0.291 e. The van der Waals surface area contributed by atoms with Crippen LogP contribution in [0.25, 0.3) is 0 Å². The number of carbonyl (C=O) groups excluding carboxylic acids is 1. The Kier molecular flexibility index (Phi) is 1.15. The largest absolute Gasteiger partial charge is 0.291 e. The second kappa shape index (κ2) is 1.65. The van der Waals surface area contributed by atoms with Crippen molar-refractivity contribution in [3.8, 4) is 0 Å². The van der Waals surface area contributed by atoms with Gasteiger partial charge in [-0.2, -0.15) is 11.8 Å². The average Bonchev–Trinajstić information content (AvgIpc) is 1.31. The van der Waals surface area contributed by atoms with Gasteiger partial charge in [-0.25, -0.2) is 0 Å². The van der Waals surface area contributed by atoms with E-state index < -0.39 is 0 Å². The minimum atomic E-state index is 0.273. The Labute approximate surface area is 41.1 Å². The predicted molar refractivity (Wildman–Crippen MR) is 26.5 cm³/mol. The zero-order valence-corrected chi connectivity index (χ0v) is 4.12. The van der Waals surface area contributed by atoms with Crippen molar-refractivity contribution < 1.29 is 4.79 Å². The normalized spacial score (nSPS) is 22.7. The van der Waals surface area contributed by atoms with Crippen LogP contribution in [0.15, 0.2) is 0 Å². The molecule has 1 aliphatic heterocycles. The van der Waals surface area contributed by atoms with Crippen LogP contribution in [0.4, 0.5) is 0 Å². The minimum absolute atomic E-state index is 0.273. The molecule has 33 valence electrons. The summed E-state index contributed by atoms with van der Waals surface area (Å²) in [6, 6.07) is 0. The predicted octanol–water partition coefficient (Wildman–Crippen LogP) is 0.459. The van der Waals surface area contributed by atoms with E-state index in [1.54, 1.807) is 0 Å². The van der Waals surface area contributed by atoms with Gasteiger partial charge in [0.05, 0.1) is 0 Å². The van der Waals surface area contributed by atoms with Crippen molar-refractivity contribution in [2.45, 2.75) is 0 Å². The molecule has 1 heterocycles. The van der Waals surface area contributed by atoms with Crippen LogP contribution >= 0.6 is 11.8 Å². The summed E-state index contributed by atoms with van der Waals surface area (Å²) in [4.78, 5) is 9.65. The van der Waals surface area contributed by atoms with E-state index in [2.05, 4.69) is 0 Å². The highest BCUT2D eigenvalue weighted by molar-refractivity contribution is 8.00. The monoisotopic (exact) mass is 101 g/mol. The molecular weight excluding hydrogens is 96.1 g/mol. The van der Waals surface area contributed by atoms with Gasteiger partial charge in [-0.1, -0.05) is 0 Å². The molecule has 0 unspecified atom stereocenters. The molecule has 1 rings (SSSR count). The van der Waals surface area contributed by atoms with Crippen molar-refractivity contribution in [3.05, 3.63) is 0 Å². The molecule has 0 spiro atoms. The summed E-state index contributed by atoms with van der Waals surface area (Å²) in [5, 5.41) is 0. The molecule has 1 saturated heterocycles. The van der Waals surface area contributed by atoms with Gasteiger partial charge in [-0.05, 0) is 0 Å². The molecule has 6 heavy (non-hydrogen) atoms. The van der Waals surface area contributed by atoms with Crippen LogP contribution < -0.4 is 0 Å². The van der Waals surface area contributed by atoms with E-state index >= 15 is 0 Å². The molecule has 1 fully saturated rings. The van der Waals surface area contributed by atoms with Crippen LogP contribution in [0, 0.1) is 5.92 Å². The zero-order chi connectivity index (χ0) is 4.41. The first-order valence-corrected chi connectivity index (χ1v) is 3.04. The van der Waals surface area contributed by atoms with E-state index in [0.717, 1.165) is 11.5 Å². The number of thioether (sulfide) groups is 1. The lowest BCUT2D eigenvalue weighted by Crippen LogP contribution is -2.18. The standard InChI is InChI=1S/C4H5OS/c5-1-4-2-6-3-4/h4H,2-3H2. The first kappa shape index (κ1) is 4.19. The SMILES string of the molecule is O=[C]C1CSC1. The molecule has 0 bridgehead atoms. The van der Waals surface area contributed by atoms with Crippen LogP contribution in [0.5, 0.6) is 0 Å². The molecule has 0 atom stereocenters. The second-order valence-electron chi connectivity index (χ2n) is 1.35. The summed E-state index contributed by atoms with van der Waals surface area (Å²) >= 11 is 1.81. The van der Waals surface area contributed by atoms with Gasteiger partial charge in [-0.15, -0.1) is 0 Å². The van der Waals surface area contributed by atoms with Crippen LogP contribution in [-0.2, 0) is 4.79 Å². The van der Waals surface area contributed by atoms with Crippen LogP contribution in [0.3, 0.4) is 0 Å². The Morgan fingerprint density at radius 3 is 2.33 bits per heavy atom. The second-order valence-corrected chi connectivity index (χ2v) is 2.43. The van der Waals surface area contributed by atoms with Gasteiger partial charge in [0.15, 0.2) is 0 Å². The maximum atomic E-state index is 9.65. The van der Waals surface area contributed by atoms with Crippen molar-refractivity contribution in [1.82, 2.24) is 0 Å². The molecule has 1 nitrogen and oxygen atoms in total. The molecule has 0 aromatic rings. The van der Waals surface area contributed by atoms with Gasteiger partial charge >= 0.3 is 0 Å². The summed E-state index contributed by atoms with van der Waals surface area (Å²) in [5.41, 5.74) is 0. The van der Waals surface area contributed by atoms with E-state index in [1.165, 1.54) is 0 Å². The lowest BCUT2D eigenvalue weighted by Gasteiger charge is -2.16. The van der Waals surface area contributed by atoms with Gasteiger partial charge in [0, 0.05) is 17.4 Å². The molecular formula is C4H5OS. The Morgan fingerprint density at radius 2 is 2.33 bits per heavy atom. The van der Waals surface area contributed by atoms with Crippen molar-refractivity contribution >= 4 is 18.0 Å². The molecule has 0 amide bonds.